The zero-order valence-electron chi connectivity index (χ0n) is 8.06. The van der Waals surface area contributed by atoms with Gasteiger partial charge in [-0.25, -0.2) is 0 Å². The van der Waals surface area contributed by atoms with Gasteiger partial charge in [0.25, 0.3) is 0 Å². The van der Waals surface area contributed by atoms with Gasteiger partial charge in [-0.1, -0.05) is 6.07 Å². The van der Waals surface area contributed by atoms with Crippen LogP contribution in [0.5, 0.6) is 0 Å². The molecule has 0 unspecified atom stereocenters. The van der Waals surface area contributed by atoms with E-state index < -0.39 is 0 Å². The number of anilines is 1. The molecular formula is C10H13BrN2. The molecule has 1 N–H and O–H groups in total. The molecular weight excluding hydrogens is 228 g/mol. The highest BCUT2D eigenvalue weighted by Crippen LogP contribution is 2.23. The zero-order valence-corrected chi connectivity index (χ0v) is 9.64. The SMILES string of the molecule is CN=C(C)Nc1cc(C)ccc1Br. The summed E-state index contributed by atoms with van der Waals surface area (Å²) in [6.07, 6.45) is 0. The third kappa shape index (κ3) is 2.84. The van der Waals surface area contributed by atoms with E-state index in [1.807, 2.05) is 13.0 Å². The molecule has 0 saturated carbocycles. The Hall–Kier alpha value is -0.830. The number of hydrogen-bond acceptors (Lipinski definition) is 1. The first-order valence-corrected chi connectivity index (χ1v) is 4.89. The summed E-state index contributed by atoms with van der Waals surface area (Å²) < 4.78 is 1.06. The predicted molar refractivity (Wildman–Crippen MR) is 61.5 cm³/mol. The van der Waals surface area contributed by atoms with Gasteiger partial charge in [0.15, 0.2) is 0 Å². The van der Waals surface area contributed by atoms with E-state index in [1.165, 1.54) is 5.56 Å². The topological polar surface area (TPSA) is 24.4 Å². The largest absolute Gasteiger partial charge is 0.343 e. The number of hydrogen-bond donors (Lipinski definition) is 1. The molecule has 0 amide bonds. The van der Waals surface area contributed by atoms with E-state index in [0.29, 0.717) is 0 Å². The summed E-state index contributed by atoms with van der Waals surface area (Å²) in [7, 11) is 1.77. The average Bonchev–Trinajstić information content (AvgIpc) is 2.11. The van der Waals surface area contributed by atoms with Gasteiger partial charge in [0.1, 0.15) is 0 Å². The lowest BCUT2D eigenvalue weighted by Crippen LogP contribution is -2.07. The van der Waals surface area contributed by atoms with Gasteiger partial charge >= 0.3 is 0 Å². The van der Waals surface area contributed by atoms with Crippen LogP contribution in [0.4, 0.5) is 5.69 Å². The number of amidine groups is 1. The standard InChI is InChI=1S/C10H13BrN2/c1-7-4-5-9(11)10(6-7)13-8(2)12-3/h4-6H,1-3H3,(H,12,13). The molecule has 0 saturated heterocycles. The second-order valence-corrected chi connectivity index (χ2v) is 3.77. The van der Waals surface area contributed by atoms with Crippen LogP contribution in [0.25, 0.3) is 0 Å². The summed E-state index contributed by atoms with van der Waals surface area (Å²) in [5.74, 6) is 0.909. The lowest BCUT2D eigenvalue weighted by molar-refractivity contribution is 1.38. The number of benzene rings is 1. The molecule has 70 valence electrons. The van der Waals surface area contributed by atoms with Crippen LogP contribution >= 0.6 is 15.9 Å². The normalized spacial score (nSPS) is 11.5. The summed E-state index contributed by atoms with van der Waals surface area (Å²) in [6.45, 7) is 4.00. The summed E-state index contributed by atoms with van der Waals surface area (Å²) in [5, 5.41) is 3.20. The maximum atomic E-state index is 4.04. The van der Waals surface area contributed by atoms with Gasteiger partial charge in [0.05, 0.1) is 11.5 Å². The first-order valence-electron chi connectivity index (χ1n) is 4.10. The van der Waals surface area contributed by atoms with Crippen LogP contribution in [-0.4, -0.2) is 12.9 Å². The Morgan fingerprint density at radius 2 is 2.15 bits per heavy atom. The zero-order chi connectivity index (χ0) is 9.84. The van der Waals surface area contributed by atoms with E-state index in [2.05, 4.69) is 45.3 Å². The minimum atomic E-state index is 0.909. The van der Waals surface area contributed by atoms with E-state index >= 15 is 0 Å². The predicted octanol–water partition coefficient (Wildman–Crippen LogP) is 3.22. The van der Waals surface area contributed by atoms with Crippen molar-refractivity contribution in [2.24, 2.45) is 4.99 Å². The van der Waals surface area contributed by atoms with Crippen molar-refractivity contribution in [1.29, 1.82) is 0 Å². The second kappa shape index (κ2) is 4.42. The van der Waals surface area contributed by atoms with E-state index in [4.69, 9.17) is 0 Å². The van der Waals surface area contributed by atoms with E-state index in [-0.39, 0.29) is 0 Å². The fraction of sp³-hybridized carbons (Fsp3) is 0.300. The minimum absolute atomic E-state index is 0.909. The average molecular weight is 241 g/mol. The fourth-order valence-corrected chi connectivity index (χ4v) is 1.33. The van der Waals surface area contributed by atoms with Gasteiger partial charge in [-0.05, 0) is 47.5 Å². The number of aliphatic imine (C=N–C) groups is 1. The molecule has 13 heavy (non-hydrogen) atoms. The smallest absolute Gasteiger partial charge is 0.0972 e. The Labute approximate surface area is 87.2 Å². The Morgan fingerprint density at radius 1 is 1.46 bits per heavy atom. The third-order valence-corrected chi connectivity index (χ3v) is 2.46. The quantitative estimate of drug-likeness (QED) is 0.592. The molecule has 1 aromatic carbocycles. The minimum Gasteiger partial charge on any atom is -0.343 e. The molecule has 0 radical (unpaired) electrons. The number of aryl methyl sites for hydroxylation is 1. The second-order valence-electron chi connectivity index (χ2n) is 2.92. The molecule has 0 aliphatic carbocycles. The fourth-order valence-electron chi connectivity index (χ4n) is 0.986. The van der Waals surface area contributed by atoms with Crippen LogP contribution < -0.4 is 5.32 Å². The van der Waals surface area contributed by atoms with Crippen LogP contribution in [-0.2, 0) is 0 Å². The summed E-state index contributed by atoms with van der Waals surface area (Å²) in [5.41, 5.74) is 2.29. The molecule has 0 aromatic heterocycles. The monoisotopic (exact) mass is 240 g/mol. The molecule has 0 bridgehead atoms. The lowest BCUT2D eigenvalue weighted by Gasteiger charge is -2.08. The molecule has 0 aliphatic heterocycles. The Bertz CT molecular complexity index is 332. The molecule has 0 atom stereocenters. The molecule has 3 heteroatoms. The first kappa shape index (κ1) is 10.3. The number of halogens is 1. The van der Waals surface area contributed by atoms with Crippen molar-refractivity contribution in [3.05, 3.63) is 28.2 Å². The number of rotatable bonds is 1. The van der Waals surface area contributed by atoms with Gasteiger partial charge < -0.3 is 5.32 Å². The van der Waals surface area contributed by atoms with Crippen molar-refractivity contribution in [2.75, 3.05) is 12.4 Å². The van der Waals surface area contributed by atoms with Gasteiger partial charge in [-0.15, -0.1) is 0 Å². The first-order chi connectivity index (χ1) is 6.13. The molecule has 0 heterocycles. The third-order valence-electron chi connectivity index (χ3n) is 1.77. The van der Waals surface area contributed by atoms with Crippen LogP contribution in [0.15, 0.2) is 27.7 Å². The lowest BCUT2D eigenvalue weighted by atomic mass is 10.2. The van der Waals surface area contributed by atoms with Gasteiger partial charge in [-0.2, -0.15) is 0 Å². The van der Waals surface area contributed by atoms with Gasteiger partial charge in [0, 0.05) is 11.5 Å². The van der Waals surface area contributed by atoms with Crippen molar-refractivity contribution in [2.45, 2.75) is 13.8 Å². The Balaban J connectivity index is 2.94. The molecule has 0 fully saturated rings. The maximum absolute atomic E-state index is 4.04. The Kier molecular flexibility index (Phi) is 3.48. The number of nitrogens with zero attached hydrogens (tertiary/aromatic N) is 1. The number of nitrogens with one attached hydrogen (secondary N) is 1. The maximum Gasteiger partial charge on any atom is 0.0972 e. The van der Waals surface area contributed by atoms with Crippen molar-refractivity contribution in [1.82, 2.24) is 0 Å². The summed E-state index contributed by atoms with van der Waals surface area (Å²) in [4.78, 5) is 4.04. The molecule has 0 aliphatic rings. The van der Waals surface area contributed by atoms with Crippen molar-refractivity contribution in [3.8, 4) is 0 Å². The van der Waals surface area contributed by atoms with Crippen LogP contribution in [0.1, 0.15) is 12.5 Å². The molecule has 0 spiro atoms. The van der Waals surface area contributed by atoms with Crippen LogP contribution in [0.2, 0.25) is 0 Å². The summed E-state index contributed by atoms with van der Waals surface area (Å²) >= 11 is 3.47. The van der Waals surface area contributed by atoms with Gasteiger partial charge in [-0.3, -0.25) is 4.99 Å². The van der Waals surface area contributed by atoms with Crippen molar-refractivity contribution < 1.29 is 0 Å². The van der Waals surface area contributed by atoms with Crippen molar-refractivity contribution in [3.63, 3.8) is 0 Å². The van der Waals surface area contributed by atoms with E-state index in [9.17, 15) is 0 Å². The Morgan fingerprint density at radius 3 is 2.77 bits per heavy atom. The van der Waals surface area contributed by atoms with Crippen LogP contribution in [0.3, 0.4) is 0 Å². The van der Waals surface area contributed by atoms with Gasteiger partial charge in [0.2, 0.25) is 0 Å². The molecule has 1 aromatic rings. The van der Waals surface area contributed by atoms with E-state index in [1.54, 1.807) is 7.05 Å². The van der Waals surface area contributed by atoms with Crippen molar-refractivity contribution >= 4 is 27.5 Å². The molecule has 1 rings (SSSR count). The highest BCUT2D eigenvalue weighted by molar-refractivity contribution is 9.10. The highest BCUT2D eigenvalue weighted by Gasteiger charge is 1.99. The van der Waals surface area contributed by atoms with E-state index in [0.717, 1.165) is 16.0 Å². The molecule has 2 nitrogen and oxygen atoms in total. The van der Waals surface area contributed by atoms with Crippen LogP contribution in [0, 0.1) is 6.92 Å². The summed E-state index contributed by atoms with van der Waals surface area (Å²) in [6, 6.07) is 6.17. The highest BCUT2D eigenvalue weighted by atomic mass is 79.9.